The van der Waals surface area contributed by atoms with Crippen LogP contribution in [0, 0.1) is 0 Å². The van der Waals surface area contributed by atoms with Crippen molar-refractivity contribution < 1.29 is 4.79 Å². The number of urea groups is 1. The number of hydrogen-bond donors (Lipinski definition) is 2. The normalized spacial score (nSPS) is 16.4. The van der Waals surface area contributed by atoms with Crippen molar-refractivity contribution in [3.05, 3.63) is 108 Å². The van der Waals surface area contributed by atoms with Crippen molar-refractivity contribution in [1.82, 2.24) is 20.6 Å². The van der Waals surface area contributed by atoms with Crippen LogP contribution in [-0.2, 0) is 0 Å². The molecule has 140 valence electrons. The Bertz CT molecular complexity index is 1220. The van der Waals surface area contributed by atoms with Crippen LogP contribution in [0.1, 0.15) is 23.0 Å². The van der Waals surface area contributed by atoms with E-state index in [9.17, 15) is 4.79 Å². The molecule has 5 nitrogen and oxygen atoms in total. The molecule has 0 spiro atoms. The van der Waals surface area contributed by atoms with E-state index in [0.717, 1.165) is 39.1 Å². The van der Waals surface area contributed by atoms with Crippen molar-refractivity contribution in [2.45, 2.75) is 6.04 Å². The van der Waals surface area contributed by atoms with Gasteiger partial charge >= 0.3 is 6.03 Å². The number of nitrogens with zero attached hydrogens (tertiary/aromatic N) is 2. The zero-order chi connectivity index (χ0) is 19.6. The van der Waals surface area contributed by atoms with Gasteiger partial charge in [-0.05, 0) is 29.8 Å². The summed E-state index contributed by atoms with van der Waals surface area (Å²) in [5, 5.41) is 7.08. The smallest absolute Gasteiger partial charge is 0.320 e. The van der Waals surface area contributed by atoms with Gasteiger partial charge < -0.3 is 10.6 Å². The largest absolute Gasteiger partial charge is 0.325 e. The molecule has 0 bridgehead atoms. The topological polar surface area (TPSA) is 66.9 Å². The Balaban J connectivity index is 1.78. The molecule has 5 rings (SSSR count). The van der Waals surface area contributed by atoms with Crippen LogP contribution < -0.4 is 10.6 Å². The van der Waals surface area contributed by atoms with Gasteiger partial charge in [-0.1, -0.05) is 60.7 Å². The van der Waals surface area contributed by atoms with Crippen molar-refractivity contribution >= 4 is 28.2 Å². The highest BCUT2D eigenvalue weighted by Crippen LogP contribution is 2.36. The molecular formula is C24H18N4O. The first-order chi connectivity index (χ1) is 14.3. The van der Waals surface area contributed by atoms with Gasteiger partial charge in [0.05, 0.1) is 22.6 Å². The van der Waals surface area contributed by atoms with Gasteiger partial charge in [-0.2, -0.15) is 0 Å². The van der Waals surface area contributed by atoms with Crippen LogP contribution in [0.4, 0.5) is 4.79 Å². The number of benzene rings is 2. The van der Waals surface area contributed by atoms with Gasteiger partial charge in [0, 0.05) is 17.2 Å². The molecule has 1 aliphatic rings. The van der Waals surface area contributed by atoms with Gasteiger partial charge in [-0.3, -0.25) is 4.98 Å². The lowest BCUT2D eigenvalue weighted by molar-refractivity contribution is 0.242. The molecule has 0 saturated heterocycles. The van der Waals surface area contributed by atoms with E-state index >= 15 is 0 Å². The third-order valence-corrected chi connectivity index (χ3v) is 4.99. The maximum absolute atomic E-state index is 12.5. The van der Waals surface area contributed by atoms with Gasteiger partial charge in [-0.25, -0.2) is 9.78 Å². The summed E-state index contributed by atoms with van der Waals surface area (Å²) in [6.45, 7) is 0. The van der Waals surface area contributed by atoms with Gasteiger partial charge in [-0.15, -0.1) is 0 Å². The van der Waals surface area contributed by atoms with Crippen molar-refractivity contribution in [3.63, 3.8) is 0 Å². The molecular weight excluding hydrogens is 360 g/mol. The van der Waals surface area contributed by atoms with E-state index in [1.54, 1.807) is 6.20 Å². The van der Waals surface area contributed by atoms with Gasteiger partial charge in [0.15, 0.2) is 0 Å². The zero-order valence-corrected chi connectivity index (χ0v) is 15.5. The van der Waals surface area contributed by atoms with Crippen LogP contribution in [0.25, 0.3) is 22.2 Å². The monoisotopic (exact) mass is 378 g/mol. The molecule has 0 radical (unpaired) electrons. The molecule has 2 amide bonds. The molecule has 5 heteroatoms. The lowest BCUT2D eigenvalue weighted by Gasteiger charge is -2.30. The average molecular weight is 378 g/mol. The maximum atomic E-state index is 12.5. The summed E-state index contributed by atoms with van der Waals surface area (Å²) in [6.07, 6.45) is 1.73. The number of amides is 2. The van der Waals surface area contributed by atoms with Gasteiger partial charge in [0.25, 0.3) is 0 Å². The summed E-state index contributed by atoms with van der Waals surface area (Å²) < 4.78 is 0. The number of rotatable bonds is 3. The minimum atomic E-state index is -0.409. The van der Waals surface area contributed by atoms with Crippen LogP contribution >= 0.6 is 0 Å². The van der Waals surface area contributed by atoms with E-state index in [-0.39, 0.29) is 6.03 Å². The number of fused-ring (bicyclic) bond motifs is 1. The first kappa shape index (κ1) is 17.1. The van der Waals surface area contributed by atoms with E-state index in [4.69, 9.17) is 4.98 Å². The number of carbonyl (C=O) groups is 1. The summed E-state index contributed by atoms with van der Waals surface area (Å²) in [7, 11) is 0. The van der Waals surface area contributed by atoms with Crippen LogP contribution in [0.3, 0.4) is 0 Å². The molecule has 2 aromatic heterocycles. The Labute approximate surface area is 168 Å². The highest BCUT2D eigenvalue weighted by Gasteiger charge is 2.31. The average Bonchev–Trinajstić information content (AvgIpc) is 2.79. The van der Waals surface area contributed by atoms with Gasteiger partial charge in [0.1, 0.15) is 6.04 Å². The standard InChI is InChI=1S/C24H18N4O/c29-24-27-22(17-9-2-1-3-10-17)21(23(28-24)20-12-6-7-15-25-20)19-14-13-16-8-4-5-11-18(16)26-19/h1-15,23H,(H2,27,28,29)/t23-/m1/s1. The molecule has 0 aliphatic carbocycles. The predicted molar refractivity (Wildman–Crippen MR) is 114 cm³/mol. The lowest BCUT2D eigenvalue weighted by atomic mass is 9.92. The third-order valence-electron chi connectivity index (χ3n) is 4.99. The predicted octanol–water partition coefficient (Wildman–Crippen LogP) is 4.55. The van der Waals surface area contributed by atoms with E-state index in [1.807, 2.05) is 78.9 Å². The fourth-order valence-electron chi connectivity index (χ4n) is 3.66. The second-order valence-corrected chi connectivity index (χ2v) is 6.83. The summed E-state index contributed by atoms with van der Waals surface area (Å²) in [5.41, 5.74) is 5.02. The first-order valence-electron chi connectivity index (χ1n) is 9.44. The fourth-order valence-corrected chi connectivity index (χ4v) is 3.66. The summed E-state index contributed by atoms with van der Waals surface area (Å²) in [6, 6.07) is 26.9. The first-order valence-corrected chi connectivity index (χ1v) is 9.44. The number of hydrogen-bond acceptors (Lipinski definition) is 3. The third kappa shape index (κ3) is 3.23. The lowest BCUT2D eigenvalue weighted by Crippen LogP contribution is -2.43. The fraction of sp³-hybridized carbons (Fsp3) is 0.0417. The number of aromatic nitrogens is 2. The number of nitrogens with one attached hydrogen (secondary N) is 2. The van der Waals surface area contributed by atoms with E-state index in [2.05, 4.69) is 21.7 Å². The minimum Gasteiger partial charge on any atom is -0.325 e. The minimum absolute atomic E-state index is 0.260. The highest BCUT2D eigenvalue weighted by molar-refractivity contribution is 6.02. The quantitative estimate of drug-likeness (QED) is 0.549. The highest BCUT2D eigenvalue weighted by atomic mass is 16.2. The van der Waals surface area contributed by atoms with Crippen LogP contribution in [0.5, 0.6) is 0 Å². The molecule has 2 N–H and O–H groups in total. The van der Waals surface area contributed by atoms with Crippen molar-refractivity contribution in [2.75, 3.05) is 0 Å². The van der Waals surface area contributed by atoms with Crippen LogP contribution in [-0.4, -0.2) is 16.0 Å². The van der Waals surface area contributed by atoms with Crippen molar-refractivity contribution in [3.8, 4) is 0 Å². The SMILES string of the molecule is O=C1NC(c2ccccc2)=C(c2ccc3ccccc3n2)[C@@H](c2ccccn2)N1. The Morgan fingerprint density at radius 1 is 0.793 bits per heavy atom. The Morgan fingerprint density at radius 2 is 1.59 bits per heavy atom. The summed E-state index contributed by atoms with van der Waals surface area (Å²) in [5.74, 6) is 0. The van der Waals surface area contributed by atoms with Crippen molar-refractivity contribution in [1.29, 1.82) is 0 Å². The maximum Gasteiger partial charge on any atom is 0.320 e. The molecule has 0 fully saturated rings. The summed E-state index contributed by atoms with van der Waals surface area (Å²) in [4.78, 5) is 21.9. The van der Waals surface area contributed by atoms with E-state index in [0.29, 0.717) is 0 Å². The second kappa shape index (κ2) is 7.20. The molecule has 1 atom stereocenters. The van der Waals surface area contributed by atoms with Crippen LogP contribution in [0.2, 0.25) is 0 Å². The number of carbonyl (C=O) groups excluding carboxylic acids is 1. The second-order valence-electron chi connectivity index (χ2n) is 6.83. The molecule has 3 heterocycles. The molecule has 1 aliphatic heterocycles. The zero-order valence-electron chi connectivity index (χ0n) is 15.5. The van der Waals surface area contributed by atoms with E-state index < -0.39 is 6.04 Å². The molecule has 29 heavy (non-hydrogen) atoms. The number of pyridine rings is 2. The van der Waals surface area contributed by atoms with Crippen LogP contribution in [0.15, 0.2) is 91.1 Å². The molecule has 0 saturated carbocycles. The number of para-hydroxylation sites is 1. The Morgan fingerprint density at radius 3 is 2.41 bits per heavy atom. The molecule has 0 unspecified atom stereocenters. The molecule has 4 aromatic rings. The molecule has 2 aromatic carbocycles. The van der Waals surface area contributed by atoms with Gasteiger partial charge in [0.2, 0.25) is 0 Å². The van der Waals surface area contributed by atoms with E-state index in [1.165, 1.54) is 0 Å². The van der Waals surface area contributed by atoms with Crippen molar-refractivity contribution in [2.24, 2.45) is 0 Å². The Kier molecular flexibility index (Phi) is 4.26. The Hall–Kier alpha value is -3.99. The summed E-state index contributed by atoms with van der Waals surface area (Å²) >= 11 is 0.